The fourth-order valence-corrected chi connectivity index (χ4v) is 2.09. The highest BCUT2D eigenvalue weighted by atomic mass is 35.5. The Kier molecular flexibility index (Phi) is 9.46. The number of carbonyl (C=O) groups is 3. The zero-order chi connectivity index (χ0) is 19.5. The second kappa shape index (κ2) is 11.3. The normalized spacial score (nSPS) is 10.8. The van der Waals surface area contributed by atoms with Crippen molar-refractivity contribution in [2.24, 2.45) is 5.10 Å². The third-order valence-corrected chi connectivity index (χ3v) is 3.31. The number of nitrogens with zero attached hydrogens (tertiary/aromatic N) is 1. The number of carbonyl (C=O) groups excluding carboxylic acids is 3. The van der Waals surface area contributed by atoms with Crippen molar-refractivity contribution in [3.05, 3.63) is 28.2 Å². The van der Waals surface area contributed by atoms with Gasteiger partial charge in [-0.05, 0) is 32.0 Å². The van der Waals surface area contributed by atoms with Crippen LogP contribution in [0.2, 0.25) is 10.0 Å². The highest BCUT2D eigenvalue weighted by molar-refractivity contribution is 6.35. The van der Waals surface area contributed by atoms with Gasteiger partial charge in [-0.25, -0.2) is 5.43 Å². The molecule has 142 valence electrons. The van der Waals surface area contributed by atoms with Gasteiger partial charge in [0.05, 0.1) is 24.6 Å². The van der Waals surface area contributed by atoms with Gasteiger partial charge >= 0.3 is 5.97 Å². The Bertz CT molecular complexity index is 694. The van der Waals surface area contributed by atoms with Crippen molar-refractivity contribution < 1.29 is 23.9 Å². The van der Waals surface area contributed by atoms with Crippen LogP contribution < -0.4 is 15.5 Å². The molecule has 0 aliphatic heterocycles. The second-order valence-electron chi connectivity index (χ2n) is 5.00. The van der Waals surface area contributed by atoms with E-state index in [-0.39, 0.29) is 31.2 Å². The molecule has 0 heterocycles. The van der Waals surface area contributed by atoms with E-state index in [2.05, 4.69) is 15.8 Å². The molecule has 2 amide bonds. The molecule has 0 saturated heterocycles. The molecule has 26 heavy (non-hydrogen) atoms. The van der Waals surface area contributed by atoms with Crippen LogP contribution in [0.5, 0.6) is 5.75 Å². The van der Waals surface area contributed by atoms with Gasteiger partial charge in [-0.2, -0.15) is 5.10 Å². The molecular weight excluding hydrogens is 385 g/mol. The maximum atomic E-state index is 11.7. The molecule has 1 aromatic carbocycles. The predicted molar refractivity (Wildman–Crippen MR) is 97.5 cm³/mol. The average Bonchev–Trinajstić information content (AvgIpc) is 2.57. The van der Waals surface area contributed by atoms with E-state index < -0.39 is 17.8 Å². The van der Waals surface area contributed by atoms with E-state index >= 15 is 0 Å². The number of ether oxygens (including phenoxy) is 2. The molecule has 8 nitrogen and oxygen atoms in total. The first-order chi connectivity index (χ1) is 12.3. The fraction of sp³-hybridized carbons (Fsp3) is 0.375. The van der Waals surface area contributed by atoms with E-state index in [9.17, 15) is 14.4 Å². The smallest absolute Gasteiger partial charge is 0.311 e. The molecule has 0 fully saturated rings. The monoisotopic (exact) mass is 403 g/mol. The summed E-state index contributed by atoms with van der Waals surface area (Å²) in [5.74, 6) is -1.20. The molecule has 0 atom stereocenters. The van der Waals surface area contributed by atoms with E-state index in [1.165, 1.54) is 12.1 Å². The lowest BCUT2D eigenvalue weighted by atomic mass is 10.3. The van der Waals surface area contributed by atoms with Gasteiger partial charge in [0.15, 0.2) is 6.61 Å². The Labute approximate surface area is 160 Å². The summed E-state index contributed by atoms with van der Waals surface area (Å²) < 4.78 is 9.99. The van der Waals surface area contributed by atoms with Gasteiger partial charge in [-0.1, -0.05) is 23.2 Å². The maximum absolute atomic E-state index is 11.7. The molecule has 0 saturated carbocycles. The molecule has 0 unspecified atom stereocenters. The molecule has 0 radical (unpaired) electrons. The molecule has 0 aromatic heterocycles. The van der Waals surface area contributed by atoms with E-state index in [4.69, 9.17) is 32.7 Å². The first kappa shape index (κ1) is 21.7. The Morgan fingerprint density at radius 1 is 1.19 bits per heavy atom. The number of amides is 2. The largest absolute Gasteiger partial charge is 0.482 e. The Morgan fingerprint density at radius 2 is 1.92 bits per heavy atom. The number of hydrogen-bond acceptors (Lipinski definition) is 6. The van der Waals surface area contributed by atoms with Crippen LogP contribution in [0.25, 0.3) is 0 Å². The fourth-order valence-electron chi connectivity index (χ4n) is 1.62. The summed E-state index contributed by atoms with van der Waals surface area (Å²) in [6.07, 6.45) is -0.0316. The third-order valence-electron chi connectivity index (χ3n) is 2.78. The summed E-state index contributed by atoms with van der Waals surface area (Å²) in [6, 6.07) is 4.59. The van der Waals surface area contributed by atoms with Crippen molar-refractivity contribution >= 4 is 46.7 Å². The molecule has 2 N–H and O–H groups in total. The highest BCUT2D eigenvalue weighted by Crippen LogP contribution is 2.27. The van der Waals surface area contributed by atoms with Crippen LogP contribution in [0.3, 0.4) is 0 Å². The highest BCUT2D eigenvalue weighted by Gasteiger charge is 2.09. The zero-order valence-corrected chi connectivity index (χ0v) is 15.8. The Hall–Kier alpha value is -2.32. The number of esters is 1. The number of nitrogens with one attached hydrogen (secondary N) is 2. The Morgan fingerprint density at radius 3 is 2.58 bits per heavy atom. The minimum Gasteiger partial charge on any atom is -0.482 e. The van der Waals surface area contributed by atoms with Crippen molar-refractivity contribution in [3.63, 3.8) is 0 Å². The number of benzene rings is 1. The quantitative estimate of drug-likeness (QED) is 0.372. The summed E-state index contributed by atoms with van der Waals surface area (Å²) in [7, 11) is 0. The summed E-state index contributed by atoms with van der Waals surface area (Å²) >= 11 is 11.7. The van der Waals surface area contributed by atoms with Gasteiger partial charge in [0, 0.05) is 10.7 Å². The minimum atomic E-state index is -0.550. The number of rotatable bonds is 9. The van der Waals surface area contributed by atoms with Gasteiger partial charge < -0.3 is 14.8 Å². The molecule has 1 aromatic rings. The van der Waals surface area contributed by atoms with Gasteiger partial charge in [0.2, 0.25) is 0 Å². The predicted octanol–water partition coefficient (Wildman–Crippen LogP) is 1.93. The summed E-state index contributed by atoms with van der Waals surface area (Å²) in [5, 5.41) is 6.82. The van der Waals surface area contributed by atoms with Crippen LogP contribution >= 0.6 is 23.2 Å². The topological polar surface area (TPSA) is 106 Å². The summed E-state index contributed by atoms with van der Waals surface area (Å²) in [5.41, 5.74) is 2.60. The van der Waals surface area contributed by atoms with Gasteiger partial charge in [-0.3, -0.25) is 14.4 Å². The van der Waals surface area contributed by atoms with Crippen molar-refractivity contribution in [1.29, 1.82) is 0 Å². The lowest BCUT2D eigenvalue weighted by molar-refractivity contribution is -0.141. The van der Waals surface area contributed by atoms with Gasteiger partial charge in [-0.15, -0.1) is 0 Å². The van der Waals surface area contributed by atoms with Crippen LogP contribution in [0, 0.1) is 0 Å². The zero-order valence-electron chi connectivity index (χ0n) is 14.3. The first-order valence-electron chi connectivity index (χ1n) is 7.64. The van der Waals surface area contributed by atoms with Crippen molar-refractivity contribution in [3.8, 4) is 5.75 Å². The molecule has 0 spiro atoms. The van der Waals surface area contributed by atoms with Crippen molar-refractivity contribution in [2.75, 3.05) is 19.8 Å². The maximum Gasteiger partial charge on any atom is 0.311 e. The van der Waals surface area contributed by atoms with Gasteiger partial charge in [0.25, 0.3) is 11.8 Å². The summed E-state index contributed by atoms with van der Waals surface area (Å²) in [6.45, 7) is 2.92. The number of halogens is 2. The molecule has 1 rings (SSSR count). The SMILES string of the molecule is CCOC(=O)CC(C)=NNC(=O)CNC(=O)COc1ccc(Cl)cc1Cl. The molecule has 0 bridgehead atoms. The lowest BCUT2D eigenvalue weighted by Gasteiger charge is -2.08. The Balaban J connectivity index is 2.31. The standard InChI is InChI=1S/C16H19Cl2N3O5/c1-3-25-16(24)6-10(2)20-21-14(22)8-19-15(23)9-26-13-5-4-11(17)7-12(13)18/h4-5,7H,3,6,8-9H2,1-2H3,(H,19,23)(H,21,22). The van der Waals surface area contributed by atoms with Crippen LogP contribution in [0.4, 0.5) is 0 Å². The van der Waals surface area contributed by atoms with Crippen LogP contribution in [0.15, 0.2) is 23.3 Å². The van der Waals surface area contributed by atoms with Crippen molar-refractivity contribution in [1.82, 2.24) is 10.7 Å². The first-order valence-corrected chi connectivity index (χ1v) is 8.39. The molecule has 10 heteroatoms. The van der Waals surface area contributed by atoms with E-state index in [0.717, 1.165) is 0 Å². The number of hydrogen-bond donors (Lipinski definition) is 2. The van der Waals surface area contributed by atoms with Crippen LogP contribution in [0.1, 0.15) is 20.3 Å². The van der Waals surface area contributed by atoms with E-state index in [1.54, 1.807) is 19.9 Å². The number of hydrazone groups is 1. The van der Waals surface area contributed by atoms with E-state index in [1.807, 2.05) is 0 Å². The lowest BCUT2D eigenvalue weighted by Crippen LogP contribution is -2.37. The second-order valence-corrected chi connectivity index (χ2v) is 5.85. The molecular formula is C16H19Cl2N3O5. The van der Waals surface area contributed by atoms with Crippen molar-refractivity contribution in [2.45, 2.75) is 20.3 Å². The third kappa shape index (κ3) is 8.68. The average molecular weight is 404 g/mol. The van der Waals surface area contributed by atoms with Crippen LogP contribution in [-0.4, -0.2) is 43.3 Å². The molecule has 0 aliphatic rings. The van der Waals surface area contributed by atoms with Crippen LogP contribution in [-0.2, 0) is 19.1 Å². The summed E-state index contributed by atoms with van der Waals surface area (Å²) in [4.78, 5) is 34.5. The van der Waals surface area contributed by atoms with E-state index in [0.29, 0.717) is 16.5 Å². The molecule has 0 aliphatic carbocycles. The van der Waals surface area contributed by atoms with Gasteiger partial charge in [0.1, 0.15) is 5.75 Å². The minimum absolute atomic E-state index is 0.0316.